The molecule has 0 aliphatic carbocycles. The second kappa shape index (κ2) is 14.0. The first-order valence-electron chi connectivity index (χ1n) is 8.36. The van der Waals surface area contributed by atoms with E-state index in [1.807, 2.05) is 26.1 Å². The van der Waals surface area contributed by atoms with Gasteiger partial charge in [-0.15, -0.1) is 24.0 Å². The van der Waals surface area contributed by atoms with Crippen LogP contribution in [0.5, 0.6) is 11.5 Å². The van der Waals surface area contributed by atoms with Crippen molar-refractivity contribution in [3.8, 4) is 11.5 Å². The van der Waals surface area contributed by atoms with Gasteiger partial charge in [0.1, 0.15) is 0 Å². The predicted octanol–water partition coefficient (Wildman–Crippen LogP) is 2.80. The molecule has 0 heterocycles. The van der Waals surface area contributed by atoms with E-state index in [2.05, 4.69) is 21.3 Å². The fraction of sp³-hybridized carbons (Fsp3) is 0.611. The SMILES string of the molecule is CCOCCCNC(=NC)N(C)CCc1ccc(OC)c(OC)c1.I. The van der Waals surface area contributed by atoms with Crippen molar-refractivity contribution in [2.45, 2.75) is 19.8 Å². The molecule has 0 amide bonds. The summed E-state index contributed by atoms with van der Waals surface area (Å²) in [7, 11) is 7.14. The van der Waals surface area contributed by atoms with Gasteiger partial charge >= 0.3 is 0 Å². The third-order valence-electron chi connectivity index (χ3n) is 3.71. The van der Waals surface area contributed by atoms with Crippen molar-refractivity contribution in [3.63, 3.8) is 0 Å². The van der Waals surface area contributed by atoms with Crippen LogP contribution in [0.2, 0.25) is 0 Å². The smallest absolute Gasteiger partial charge is 0.193 e. The summed E-state index contributed by atoms with van der Waals surface area (Å²) in [6, 6.07) is 6.02. The number of rotatable bonds is 10. The third kappa shape index (κ3) is 8.62. The normalized spacial score (nSPS) is 10.8. The largest absolute Gasteiger partial charge is 0.493 e. The van der Waals surface area contributed by atoms with Crippen LogP contribution in [0.25, 0.3) is 0 Å². The summed E-state index contributed by atoms with van der Waals surface area (Å²) in [5.74, 6) is 2.41. The van der Waals surface area contributed by atoms with Crippen molar-refractivity contribution in [2.75, 3.05) is 54.6 Å². The van der Waals surface area contributed by atoms with Crippen LogP contribution in [-0.2, 0) is 11.2 Å². The molecule has 6 nitrogen and oxygen atoms in total. The number of hydrogen-bond acceptors (Lipinski definition) is 4. The maximum atomic E-state index is 5.35. The predicted molar refractivity (Wildman–Crippen MR) is 114 cm³/mol. The molecular formula is C18H32IN3O3. The average molecular weight is 465 g/mol. The van der Waals surface area contributed by atoms with Crippen LogP contribution < -0.4 is 14.8 Å². The molecule has 1 aromatic rings. The lowest BCUT2D eigenvalue weighted by Gasteiger charge is -2.22. The minimum Gasteiger partial charge on any atom is -0.493 e. The highest BCUT2D eigenvalue weighted by molar-refractivity contribution is 14.0. The van der Waals surface area contributed by atoms with Gasteiger partial charge in [-0.1, -0.05) is 6.07 Å². The molecule has 0 aromatic heterocycles. The number of halogens is 1. The van der Waals surface area contributed by atoms with E-state index in [0.717, 1.165) is 56.6 Å². The fourth-order valence-corrected chi connectivity index (χ4v) is 2.34. The van der Waals surface area contributed by atoms with Gasteiger partial charge in [0.15, 0.2) is 17.5 Å². The van der Waals surface area contributed by atoms with Gasteiger partial charge in [0.2, 0.25) is 0 Å². The Hall–Kier alpha value is -1.22. The number of nitrogens with zero attached hydrogens (tertiary/aromatic N) is 2. The highest BCUT2D eigenvalue weighted by Crippen LogP contribution is 2.27. The van der Waals surface area contributed by atoms with Crippen molar-refractivity contribution in [2.24, 2.45) is 4.99 Å². The maximum absolute atomic E-state index is 5.35. The number of likely N-dealkylation sites (N-methyl/N-ethyl adjacent to an activating group) is 1. The summed E-state index contributed by atoms with van der Waals surface area (Å²) in [5.41, 5.74) is 1.20. The molecule has 144 valence electrons. The number of ether oxygens (including phenoxy) is 3. The summed E-state index contributed by atoms with van der Waals surface area (Å²) in [6.07, 6.45) is 1.87. The van der Waals surface area contributed by atoms with Crippen LogP contribution in [-0.4, -0.2) is 65.5 Å². The first kappa shape index (κ1) is 23.8. The zero-order valence-electron chi connectivity index (χ0n) is 16.0. The third-order valence-corrected chi connectivity index (χ3v) is 3.71. The Morgan fingerprint density at radius 2 is 1.92 bits per heavy atom. The van der Waals surface area contributed by atoms with E-state index in [1.54, 1.807) is 21.3 Å². The molecule has 0 fully saturated rings. The number of benzene rings is 1. The molecule has 0 bridgehead atoms. The van der Waals surface area contributed by atoms with Gasteiger partial charge in [0.05, 0.1) is 14.2 Å². The van der Waals surface area contributed by atoms with Gasteiger partial charge < -0.3 is 24.4 Å². The van der Waals surface area contributed by atoms with Crippen LogP contribution in [0.3, 0.4) is 0 Å². The summed E-state index contributed by atoms with van der Waals surface area (Å²) >= 11 is 0. The van der Waals surface area contributed by atoms with E-state index >= 15 is 0 Å². The number of methoxy groups -OCH3 is 2. The second-order valence-corrected chi connectivity index (χ2v) is 5.39. The van der Waals surface area contributed by atoms with Crippen LogP contribution in [0.1, 0.15) is 18.9 Å². The quantitative estimate of drug-likeness (QED) is 0.249. The molecule has 1 rings (SSSR count). The molecule has 0 aliphatic rings. The lowest BCUT2D eigenvalue weighted by Crippen LogP contribution is -2.40. The molecule has 0 atom stereocenters. The van der Waals surface area contributed by atoms with Crippen molar-refractivity contribution in [1.29, 1.82) is 0 Å². The van der Waals surface area contributed by atoms with Crippen molar-refractivity contribution >= 4 is 29.9 Å². The van der Waals surface area contributed by atoms with Crippen molar-refractivity contribution in [1.82, 2.24) is 10.2 Å². The zero-order valence-corrected chi connectivity index (χ0v) is 18.3. The first-order chi connectivity index (χ1) is 11.7. The molecule has 7 heteroatoms. The summed E-state index contributed by atoms with van der Waals surface area (Å²) in [4.78, 5) is 6.45. The molecule has 25 heavy (non-hydrogen) atoms. The van der Waals surface area contributed by atoms with E-state index < -0.39 is 0 Å². The van der Waals surface area contributed by atoms with Gasteiger partial charge in [-0.05, 0) is 37.5 Å². The Balaban J connectivity index is 0.00000576. The molecule has 0 unspecified atom stereocenters. The van der Waals surface area contributed by atoms with E-state index in [4.69, 9.17) is 14.2 Å². The lowest BCUT2D eigenvalue weighted by atomic mass is 10.1. The maximum Gasteiger partial charge on any atom is 0.193 e. The molecule has 0 radical (unpaired) electrons. The molecule has 1 aromatic carbocycles. The van der Waals surface area contributed by atoms with E-state index in [0.29, 0.717) is 0 Å². The highest BCUT2D eigenvalue weighted by Gasteiger charge is 2.08. The van der Waals surface area contributed by atoms with E-state index in [-0.39, 0.29) is 24.0 Å². The number of nitrogens with one attached hydrogen (secondary N) is 1. The lowest BCUT2D eigenvalue weighted by molar-refractivity contribution is 0.145. The zero-order chi connectivity index (χ0) is 17.8. The van der Waals surface area contributed by atoms with Gasteiger partial charge in [-0.3, -0.25) is 4.99 Å². The standard InChI is InChI=1S/C18H31N3O3.HI/c1-6-24-13-7-11-20-18(19-2)21(3)12-10-15-8-9-16(22-4)17(14-15)23-5;/h8-9,14H,6-7,10-13H2,1-5H3,(H,19,20);1H. The summed E-state index contributed by atoms with van der Waals surface area (Å²) in [5, 5.41) is 3.36. The fourth-order valence-electron chi connectivity index (χ4n) is 2.34. The molecule has 0 saturated heterocycles. The topological polar surface area (TPSA) is 55.3 Å². The number of hydrogen-bond donors (Lipinski definition) is 1. The highest BCUT2D eigenvalue weighted by atomic mass is 127. The number of guanidine groups is 1. The van der Waals surface area contributed by atoms with Gasteiger partial charge in [-0.2, -0.15) is 0 Å². The summed E-state index contributed by atoms with van der Waals surface area (Å²) < 4.78 is 16.0. The van der Waals surface area contributed by atoms with Gasteiger partial charge in [0.25, 0.3) is 0 Å². The van der Waals surface area contributed by atoms with Gasteiger partial charge in [-0.25, -0.2) is 0 Å². The van der Waals surface area contributed by atoms with E-state index in [1.165, 1.54) is 5.56 Å². The minimum absolute atomic E-state index is 0. The average Bonchev–Trinajstić information content (AvgIpc) is 2.62. The number of aliphatic imine (C=N–C) groups is 1. The Kier molecular flexibility index (Phi) is 13.3. The minimum atomic E-state index is 0. The van der Waals surface area contributed by atoms with Crippen molar-refractivity contribution < 1.29 is 14.2 Å². The van der Waals surface area contributed by atoms with E-state index in [9.17, 15) is 0 Å². The molecule has 0 saturated carbocycles. The van der Waals surface area contributed by atoms with Crippen LogP contribution in [0.15, 0.2) is 23.2 Å². The van der Waals surface area contributed by atoms with Crippen LogP contribution in [0.4, 0.5) is 0 Å². The van der Waals surface area contributed by atoms with Crippen molar-refractivity contribution in [3.05, 3.63) is 23.8 Å². The Morgan fingerprint density at radius 3 is 2.52 bits per heavy atom. The first-order valence-corrected chi connectivity index (χ1v) is 8.36. The molecule has 1 N–H and O–H groups in total. The molecular weight excluding hydrogens is 433 g/mol. The monoisotopic (exact) mass is 465 g/mol. The Bertz CT molecular complexity index is 512. The molecule has 0 spiro atoms. The summed E-state index contributed by atoms with van der Waals surface area (Å²) in [6.45, 7) is 5.26. The second-order valence-electron chi connectivity index (χ2n) is 5.39. The van der Waals surface area contributed by atoms with Crippen LogP contribution in [0, 0.1) is 0 Å². The Labute approximate surface area is 169 Å². The molecule has 0 aliphatic heterocycles. The van der Waals surface area contributed by atoms with Gasteiger partial charge in [0, 0.05) is 40.4 Å². The Morgan fingerprint density at radius 1 is 1.20 bits per heavy atom. The van der Waals surface area contributed by atoms with Crippen LogP contribution >= 0.6 is 24.0 Å².